The van der Waals surface area contributed by atoms with E-state index in [-0.39, 0.29) is 30.7 Å². The third-order valence-corrected chi connectivity index (χ3v) is 5.26. The van der Waals surface area contributed by atoms with Gasteiger partial charge in [-0.3, -0.25) is 9.59 Å². The highest BCUT2D eigenvalue weighted by molar-refractivity contribution is 6.02. The molecule has 1 heterocycles. The van der Waals surface area contributed by atoms with Crippen LogP contribution in [0.5, 0.6) is 0 Å². The van der Waals surface area contributed by atoms with Crippen LogP contribution in [-0.4, -0.2) is 29.1 Å². The van der Waals surface area contributed by atoms with Gasteiger partial charge in [-0.05, 0) is 36.0 Å². The number of amides is 2. The lowest BCUT2D eigenvalue weighted by Gasteiger charge is -2.16. The van der Waals surface area contributed by atoms with Crippen molar-refractivity contribution in [1.29, 1.82) is 0 Å². The molecule has 1 N–H and O–H groups in total. The second kappa shape index (κ2) is 10.2. The Hall–Kier alpha value is -2.95. The van der Waals surface area contributed by atoms with Crippen molar-refractivity contribution in [3.63, 3.8) is 0 Å². The minimum Gasteiger partial charge on any atom is -0.350 e. The van der Waals surface area contributed by atoms with Crippen LogP contribution in [0.1, 0.15) is 62.8 Å². The monoisotopic (exact) mass is 405 g/mol. The zero-order valence-corrected chi connectivity index (χ0v) is 18.1. The first kappa shape index (κ1) is 21.8. The van der Waals surface area contributed by atoms with Gasteiger partial charge in [0.25, 0.3) is 0 Å². The van der Waals surface area contributed by atoms with Gasteiger partial charge in [-0.15, -0.1) is 0 Å². The zero-order chi connectivity index (χ0) is 21.5. The fourth-order valence-electron chi connectivity index (χ4n) is 3.63. The maximum atomic E-state index is 12.4. The van der Waals surface area contributed by atoms with Gasteiger partial charge >= 0.3 is 0 Å². The molecule has 0 spiro atoms. The van der Waals surface area contributed by atoms with Crippen LogP contribution in [0.25, 0.3) is 0 Å². The van der Waals surface area contributed by atoms with Crippen molar-refractivity contribution in [2.75, 3.05) is 6.54 Å². The molecule has 1 aliphatic rings. The molecule has 158 valence electrons. The summed E-state index contributed by atoms with van der Waals surface area (Å²) in [5.41, 5.74) is 4.33. The number of rotatable bonds is 8. The first-order chi connectivity index (χ1) is 14.4. The van der Waals surface area contributed by atoms with E-state index >= 15 is 0 Å². The van der Waals surface area contributed by atoms with Crippen molar-refractivity contribution in [3.8, 4) is 0 Å². The molecular formula is C25H31N3O2. The topological polar surface area (TPSA) is 61.8 Å². The minimum absolute atomic E-state index is 0.0878. The average molecular weight is 406 g/mol. The molecule has 0 bridgehead atoms. The molecule has 3 rings (SSSR count). The van der Waals surface area contributed by atoms with Gasteiger partial charge in [0.15, 0.2) is 0 Å². The molecule has 0 fully saturated rings. The third-order valence-electron chi connectivity index (χ3n) is 5.26. The van der Waals surface area contributed by atoms with Crippen molar-refractivity contribution >= 4 is 17.5 Å². The summed E-state index contributed by atoms with van der Waals surface area (Å²) in [6, 6.07) is 18.2. The Labute approximate surface area is 179 Å². The van der Waals surface area contributed by atoms with Crippen LogP contribution >= 0.6 is 0 Å². The van der Waals surface area contributed by atoms with Crippen molar-refractivity contribution in [3.05, 3.63) is 71.3 Å². The predicted octanol–water partition coefficient (Wildman–Crippen LogP) is 4.48. The van der Waals surface area contributed by atoms with Gasteiger partial charge in [0.1, 0.15) is 0 Å². The van der Waals surface area contributed by atoms with Gasteiger partial charge in [-0.1, -0.05) is 68.4 Å². The summed E-state index contributed by atoms with van der Waals surface area (Å²) in [5, 5.41) is 8.93. The maximum absolute atomic E-state index is 12.4. The lowest BCUT2D eigenvalue weighted by atomic mass is 10.00. The standard InChI is InChI=1S/C25H31N3O2/c1-18(2)17-20-9-11-21(12-10-20)19(3)26-24(29)13-14-25(30)28-16-15-23(27-28)22-7-5-4-6-8-22/h4-12,18-19H,13-17H2,1-3H3,(H,26,29)/t19-/m0/s1. The van der Waals surface area contributed by atoms with Gasteiger partial charge in [-0.25, -0.2) is 5.01 Å². The van der Waals surface area contributed by atoms with Gasteiger partial charge in [0.05, 0.1) is 18.3 Å². The Balaban J connectivity index is 1.46. The Kier molecular flexibility index (Phi) is 7.39. The number of nitrogens with one attached hydrogen (secondary N) is 1. The fraction of sp³-hybridized carbons (Fsp3) is 0.400. The van der Waals surface area contributed by atoms with Crippen molar-refractivity contribution in [2.24, 2.45) is 11.0 Å². The molecule has 1 atom stereocenters. The summed E-state index contributed by atoms with van der Waals surface area (Å²) in [6.45, 7) is 6.94. The van der Waals surface area contributed by atoms with Crippen LogP contribution < -0.4 is 5.32 Å². The van der Waals surface area contributed by atoms with Crippen LogP contribution in [0.2, 0.25) is 0 Å². The van der Waals surface area contributed by atoms with Crippen molar-refractivity contribution in [1.82, 2.24) is 10.3 Å². The quantitative estimate of drug-likeness (QED) is 0.704. The van der Waals surface area contributed by atoms with E-state index < -0.39 is 0 Å². The van der Waals surface area contributed by atoms with Crippen LogP contribution in [0.4, 0.5) is 0 Å². The molecule has 2 amide bonds. The van der Waals surface area contributed by atoms with Gasteiger partial charge < -0.3 is 5.32 Å². The van der Waals surface area contributed by atoms with E-state index in [2.05, 4.69) is 48.5 Å². The third kappa shape index (κ3) is 6.02. The number of carbonyl (C=O) groups is 2. The summed E-state index contributed by atoms with van der Waals surface area (Å²) < 4.78 is 0. The first-order valence-corrected chi connectivity index (χ1v) is 10.7. The van der Waals surface area contributed by atoms with Crippen LogP contribution in [0.3, 0.4) is 0 Å². The van der Waals surface area contributed by atoms with Crippen molar-refractivity contribution in [2.45, 2.75) is 52.5 Å². The molecule has 0 radical (unpaired) electrons. The molecule has 30 heavy (non-hydrogen) atoms. The Morgan fingerprint density at radius 3 is 2.37 bits per heavy atom. The lowest BCUT2D eigenvalue weighted by Crippen LogP contribution is -2.29. The van der Waals surface area contributed by atoms with Crippen LogP contribution in [-0.2, 0) is 16.0 Å². The summed E-state index contributed by atoms with van der Waals surface area (Å²) in [5.74, 6) is 0.393. The summed E-state index contributed by atoms with van der Waals surface area (Å²) >= 11 is 0. The lowest BCUT2D eigenvalue weighted by molar-refractivity contribution is -0.133. The molecule has 5 nitrogen and oxygen atoms in total. The van der Waals surface area contributed by atoms with Crippen molar-refractivity contribution < 1.29 is 9.59 Å². The number of carbonyl (C=O) groups excluding carboxylic acids is 2. The molecule has 1 aliphatic heterocycles. The van der Waals surface area contributed by atoms with E-state index in [9.17, 15) is 9.59 Å². The molecule has 0 aromatic heterocycles. The summed E-state index contributed by atoms with van der Waals surface area (Å²) in [6.07, 6.45) is 2.12. The smallest absolute Gasteiger partial charge is 0.243 e. The normalized spacial score (nSPS) is 14.5. The Morgan fingerprint density at radius 1 is 1.00 bits per heavy atom. The SMILES string of the molecule is CC(C)Cc1ccc([C@H](C)NC(=O)CCC(=O)N2CCC(c3ccccc3)=N2)cc1. The highest BCUT2D eigenvalue weighted by Gasteiger charge is 2.22. The van der Waals surface area contributed by atoms with Gasteiger partial charge in [0.2, 0.25) is 11.8 Å². The predicted molar refractivity (Wildman–Crippen MR) is 120 cm³/mol. The van der Waals surface area contributed by atoms with Crippen LogP contribution in [0.15, 0.2) is 59.7 Å². The molecule has 0 saturated heterocycles. The number of benzene rings is 2. The molecule has 2 aromatic carbocycles. The highest BCUT2D eigenvalue weighted by atomic mass is 16.2. The minimum atomic E-state index is -0.117. The average Bonchev–Trinajstić information content (AvgIpc) is 3.23. The molecule has 5 heteroatoms. The molecule has 0 saturated carbocycles. The van der Waals surface area contributed by atoms with Gasteiger partial charge in [-0.2, -0.15) is 5.10 Å². The number of nitrogens with zero attached hydrogens (tertiary/aromatic N) is 2. The number of hydrazone groups is 1. The molecule has 2 aromatic rings. The van der Waals surface area contributed by atoms with Crippen LogP contribution in [0, 0.1) is 5.92 Å². The largest absolute Gasteiger partial charge is 0.350 e. The molecular weight excluding hydrogens is 374 g/mol. The maximum Gasteiger partial charge on any atom is 0.243 e. The molecule has 0 aliphatic carbocycles. The highest BCUT2D eigenvalue weighted by Crippen LogP contribution is 2.17. The Bertz CT molecular complexity index is 888. The summed E-state index contributed by atoms with van der Waals surface area (Å²) in [4.78, 5) is 24.8. The van der Waals surface area contributed by atoms with E-state index in [0.717, 1.165) is 29.7 Å². The van der Waals surface area contributed by atoms with E-state index in [1.54, 1.807) is 0 Å². The first-order valence-electron chi connectivity index (χ1n) is 10.7. The number of hydrogen-bond acceptors (Lipinski definition) is 3. The van der Waals surface area contributed by atoms with E-state index in [1.807, 2.05) is 37.3 Å². The second-order valence-corrected chi connectivity index (χ2v) is 8.31. The summed E-state index contributed by atoms with van der Waals surface area (Å²) in [7, 11) is 0. The van der Waals surface area contributed by atoms with E-state index in [1.165, 1.54) is 10.6 Å². The zero-order valence-electron chi connectivity index (χ0n) is 18.1. The number of hydrogen-bond donors (Lipinski definition) is 1. The fourth-order valence-corrected chi connectivity index (χ4v) is 3.63. The molecule has 0 unspecified atom stereocenters. The second-order valence-electron chi connectivity index (χ2n) is 8.31. The Morgan fingerprint density at radius 2 is 1.70 bits per heavy atom. The van der Waals surface area contributed by atoms with E-state index in [4.69, 9.17) is 0 Å². The van der Waals surface area contributed by atoms with E-state index in [0.29, 0.717) is 12.5 Å². The van der Waals surface area contributed by atoms with Gasteiger partial charge in [0, 0.05) is 19.3 Å².